The SMILES string of the molecule is FC(F)C(F)(Cl)C1CCCCC1. The van der Waals surface area contributed by atoms with Crippen molar-refractivity contribution in [3.8, 4) is 0 Å². The van der Waals surface area contributed by atoms with E-state index in [4.69, 9.17) is 11.6 Å². The summed E-state index contributed by atoms with van der Waals surface area (Å²) in [4.78, 5) is 0. The lowest BCUT2D eigenvalue weighted by Crippen LogP contribution is -2.35. The molecule has 4 heteroatoms. The Morgan fingerprint density at radius 3 is 2.08 bits per heavy atom. The highest BCUT2D eigenvalue weighted by Gasteiger charge is 2.45. The molecule has 0 spiro atoms. The van der Waals surface area contributed by atoms with E-state index in [0.29, 0.717) is 12.8 Å². The molecule has 0 saturated heterocycles. The maximum atomic E-state index is 13.1. The quantitative estimate of drug-likeness (QED) is 0.596. The average molecular weight is 201 g/mol. The van der Waals surface area contributed by atoms with Crippen LogP contribution in [0, 0.1) is 5.92 Å². The zero-order chi connectivity index (χ0) is 9.19. The Balaban J connectivity index is 2.53. The van der Waals surface area contributed by atoms with Crippen LogP contribution in [-0.4, -0.2) is 11.6 Å². The molecule has 0 amide bonds. The summed E-state index contributed by atoms with van der Waals surface area (Å²) in [6.45, 7) is 0. The second kappa shape index (κ2) is 3.86. The minimum atomic E-state index is -3.07. The van der Waals surface area contributed by atoms with E-state index in [-0.39, 0.29) is 0 Å². The summed E-state index contributed by atoms with van der Waals surface area (Å²) in [6.07, 6.45) is 0.551. The van der Waals surface area contributed by atoms with E-state index in [1.54, 1.807) is 0 Å². The fraction of sp³-hybridized carbons (Fsp3) is 1.00. The first kappa shape index (κ1) is 10.2. The molecule has 1 fully saturated rings. The van der Waals surface area contributed by atoms with Crippen molar-refractivity contribution < 1.29 is 13.2 Å². The average Bonchev–Trinajstić information content (AvgIpc) is 2.06. The highest BCUT2D eigenvalue weighted by Crippen LogP contribution is 2.41. The molecule has 0 radical (unpaired) electrons. The lowest BCUT2D eigenvalue weighted by Gasteiger charge is -2.30. The standard InChI is InChI=1S/C8H12ClF3/c9-8(12,7(10)11)6-4-2-1-3-5-6/h6-7H,1-5H2. The molecular weight excluding hydrogens is 189 g/mol. The number of alkyl halides is 4. The van der Waals surface area contributed by atoms with E-state index >= 15 is 0 Å². The van der Waals surface area contributed by atoms with Gasteiger partial charge in [0.15, 0.2) is 0 Å². The number of hydrogen-bond donors (Lipinski definition) is 0. The highest BCUT2D eigenvalue weighted by atomic mass is 35.5. The Kier molecular flexibility index (Phi) is 3.27. The van der Waals surface area contributed by atoms with Crippen LogP contribution in [0.25, 0.3) is 0 Å². The van der Waals surface area contributed by atoms with Crippen molar-refractivity contribution in [2.24, 2.45) is 5.92 Å². The van der Waals surface area contributed by atoms with Crippen molar-refractivity contribution >= 4 is 11.6 Å². The van der Waals surface area contributed by atoms with Crippen molar-refractivity contribution in [1.82, 2.24) is 0 Å². The molecule has 1 unspecified atom stereocenters. The Bertz CT molecular complexity index is 141. The van der Waals surface area contributed by atoms with Gasteiger partial charge >= 0.3 is 0 Å². The lowest BCUT2D eigenvalue weighted by atomic mass is 9.85. The fourth-order valence-corrected chi connectivity index (χ4v) is 1.88. The van der Waals surface area contributed by atoms with Crippen molar-refractivity contribution in [3.63, 3.8) is 0 Å². The second-order valence-electron chi connectivity index (χ2n) is 3.31. The summed E-state index contributed by atoms with van der Waals surface area (Å²) < 4.78 is 37.3. The Hall–Kier alpha value is 0.0800. The summed E-state index contributed by atoms with van der Waals surface area (Å²) in [5, 5.41) is -2.79. The summed E-state index contributed by atoms with van der Waals surface area (Å²) >= 11 is 5.13. The summed E-state index contributed by atoms with van der Waals surface area (Å²) in [5.74, 6) is -0.659. The van der Waals surface area contributed by atoms with Gasteiger partial charge in [0.05, 0.1) is 0 Å². The molecule has 0 aromatic carbocycles. The lowest BCUT2D eigenvalue weighted by molar-refractivity contribution is -0.0246. The molecule has 1 atom stereocenters. The van der Waals surface area contributed by atoms with Gasteiger partial charge in [0, 0.05) is 5.92 Å². The molecule has 0 aromatic heterocycles. The van der Waals surface area contributed by atoms with Crippen LogP contribution in [0.2, 0.25) is 0 Å². The third kappa shape index (κ3) is 2.06. The van der Waals surface area contributed by atoms with Gasteiger partial charge in [0.25, 0.3) is 6.43 Å². The minimum Gasteiger partial charge on any atom is -0.220 e. The molecule has 0 nitrogen and oxygen atoms in total. The Labute approximate surface area is 75.1 Å². The van der Waals surface area contributed by atoms with E-state index in [1.165, 1.54) is 0 Å². The van der Waals surface area contributed by atoms with Gasteiger partial charge in [0.2, 0.25) is 5.13 Å². The summed E-state index contributed by atoms with van der Waals surface area (Å²) in [6, 6.07) is 0. The maximum Gasteiger partial charge on any atom is 0.286 e. The zero-order valence-corrected chi connectivity index (χ0v) is 7.46. The monoisotopic (exact) mass is 200 g/mol. The van der Waals surface area contributed by atoms with Crippen LogP contribution in [0.15, 0.2) is 0 Å². The largest absolute Gasteiger partial charge is 0.286 e. The first-order valence-electron chi connectivity index (χ1n) is 4.21. The molecule has 72 valence electrons. The summed E-state index contributed by atoms with van der Waals surface area (Å²) in [7, 11) is 0. The minimum absolute atomic E-state index is 0.490. The van der Waals surface area contributed by atoms with E-state index in [1.807, 2.05) is 0 Å². The number of rotatable bonds is 2. The predicted octanol–water partition coefficient (Wildman–Crippen LogP) is 3.74. The maximum absolute atomic E-state index is 13.1. The third-order valence-electron chi connectivity index (χ3n) is 2.44. The fourth-order valence-electron chi connectivity index (χ4n) is 1.67. The van der Waals surface area contributed by atoms with Gasteiger partial charge in [-0.25, -0.2) is 13.2 Å². The van der Waals surface area contributed by atoms with Gasteiger partial charge in [-0.3, -0.25) is 0 Å². The second-order valence-corrected chi connectivity index (χ2v) is 3.89. The van der Waals surface area contributed by atoms with Crippen LogP contribution >= 0.6 is 11.6 Å². The van der Waals surface area contributed by atoms with Gasteiger partial charge < -0.3 is 0 Å². The zero-order valence-electron chi connectivity index (χ0n) is 6.70. The third-order valence-corrected chi connectivity index (χ3v) is 2.91. The molecule has 1 aliphatic rings. The normalized spacial score (nSPS) is 25.8. The molecule has 1 rings (SSSR count). The molecule has 0 aromatic rings. The van der Waals surface area contributed by atoms with Gasteiger partial charge in [-0.15, -0.1) is 0 Å². The number of halogens is 4. The predicted molar refractivity (Wildman–Crippen MR) is 42.3 cm³/mol. The van der Waals surface area contributed by atoms with Gasteiger partial charge in [-0.1, -0.05) is 30.9 Å². The smallest absolute Gasteiger partial charge is 0.220 e. The van der Waals surface area contributed by atoms with Crippen LogP contribution in [0.1, 0.15) is 32.1 Å². The van der Waals surface area contributed by atoms with Crippen molar-refractivity contribution in [3.05, 3.63) is 0 Å². The first-order valence-corrected chi connectivity index (χ1v) is 4.59. The van der Waals surface area contributed by atoms with Crippen LogP contribution in [0.4, 0.5) is 13.2 Å². The van der Waals surface area contributed by atoms with Crippen LogP contribution in [-0.2, 0) is 0 Å². The molecule has 1 aliphatic carbocycles. The number of hydrogen-bond acceptors (Lipinski definition) is 0. The van der Waals surface area contributed by atoms with E-state index in [0.717, 1.165) is 19.3 Å². The molecule has 0 heterocycles. The van der Waals surface area contributed by atoms with Crippen molar-refractivity contribution in [2.45, 2.75) is 43.7 Å². The van der Waals surface area contributed by atoms with Crippen molar-refractivity contribution in [2.75, 3.05) is 0 Å². The van der Waals surface area contributed by atoms with Crippen LogP contribution < -0.4 is 0 Å². The molecule has 0 aliphatic heterocycles. The van der Waals surface area contributed by atoms with Gasteiger partial charge in [-0.05, 0) is 12.8 Å². The highest BCUT2D eigenvalue weighted by molar-refractivity contribution is 6.23. The van der Waals surface area contributed by atoms with Crippen LogP contribution in [0.3, 0.4) is 0 Å². The first-order chi connectivity index (χ1) is 5.55. The molecule has 12 heavy (non-hydrogen) atoms. The Morgan fingerprint density at radius 2 is 1.67 bits per heavy atom. The molecule has 0 bridgehead atoms. The van der Waals surface area contributed by atoms with E-state index in [2.05, 4.69) is 0 Å². The van der Waals surface area contributed by atoms with Crippen LogP contribution in [0.5, 0.6) is 0 Å². The Morgan fingerprint density at radius 1 is 1.17 bits per heavy atom. The topological polar surface area (TPSA) is 0 Å². The van der Waals surface area contributed by atoms with E-state index < -0.39 is 17.5 Å². The summed E-state index contributed by atoms with van der Waals surface area (Å²) in [5.41, 5.74) is 0. The molecule has 0 N–H and O–H groups in total. The molecular formula is C8H12ClF3. The van der Waals surface area contributed by atoms with Gasteiger partial charge in [-0.2, -0.15) is 0 Å². The van der Waals surface area contributed by atoms with Gasteiger partial charge in [0.1, 0.15) is 0 Å². The van der Waals surface area contributed by atoms with Crippen molar-refractivity contribution in [1.29, 1.82) is 0 Å². The van der Waals surface area contributed by atoms with E-state index in [9.17, 15) is 13.2 Å². The molecule has 1 saturated carbocycles.